The number of aromatic nitrogens is 4. The second kappa shape index (κ2) is 8.33. The standard InChI is InChI=1S/C17H23N5O2S/c1-12(2)22-11-20-21-17(22)25-10-15(23)18-7-14-5-6-16(19-8-14)24-9-13-3-4-13/h5-6,8,11-13H,3-4,7,9-10H2,1-2H3,(H,18,23). The number of rotatable bonds is 9. The van der Waals surface area contributed by atoms with Gasteiger partial charge in [0.1, 0.15) is 6.33 Å². The molecule has 0 saturated heterocycles. The molecule has 2 heterocycles. The third-order valence-electron chi connectivity index (χ3n) is 3.88. The summed E-state index contributed by atoms with van der Waals surface area (Å²) >= 11 is 1.38. The van der Waals surface area contributed by atoms with E-state index in [1.54, 1.807) is 12.5 Å². The maximum atomic E-state index is 12.0. The highest BCUT2D eigenvalue weighted by Crippen LogP contribution is 2.29. The first-order chi connectivity index (χ1) is 12.1. The van der Waals surface area contributed by atoms with E-state index in [1.807, 2.05) is 16.7 Å². The van der Waals surface area contributed by atoms with Gasteiger partial charge in [-0.25, -0.2) is 4.98 Å². The van der Waals surface area contributed by atoms with Gasteiger partial charge in [-0.2, -0.15) is 0 Å². The van der Waals surface area contributed by atoms with Crippen LogP contribution in [0.5, 0.6) is 5.88 Å². The summed E-state index contributed by atoms with van der Waals surface area (Å²) in [6.07, 6.45) is 5.94. The molecule has 25 heavy (non-hydrogen) atoms. The lowest BCUT2D eigenvalue weighted by atomic mass is 10.3. The zero-order chi connectivity index (χ0) is 17.6. The second-order valence-corrected chi connectivity index (χ2v) is 7.38. The van der Waals surface area contributed by atoms with E-state index < -0.39 is 0 Å². The molecule has 1 aliphatic carbocycles. The largest absolute Gasteiger partial charge is 0.477 e. The van der Waals surface area contributed by atoms with E-state index in [-0.39, 0.29) is 11.9 Å². The smallest absolute Gasteiger partial charge is 0.230 e. The van der Waals surface area contributed by atoms with Crippen LogP contribution in [-0.4, -0.2) is 38.0 Å². The number of nitrogens with one attached hydrogen (secondary N) is 1. The Bertz CT molecular complexity index is 697. The molecule has 0 aromatic carbocycles. The van der Waals surface area contributed by atoms with Gasteiger partial charge in [0, 0.05) is 24.8 Å². The summed E-state index contributed by atoms with van der Waals surface area (Å²) in [7, 11) is 0. The topological polar surface area (TPSA) is 81.9 Å². The Labute approximate surface area is 151 Å². The molecule has 1 N–H and O–H groups in total. The van der Waals surface area contributed by atoms with Crippen LogP contribution in [0.1, 0.15) is 38.3 Å². The SMILES string of the molecule is CC(C)n1cnnc1SCC(=O)NCc1ccc(OCC2CC2)nc1. The zero-order valence-corrected chi connectivity index (χ0v) is 15.3. The molecule has 3 rings (SSSR count). The molecule has 1 aliphatic rings. The van der Waals surface area contributed by atoms with Crippen molar-refractivity contribution in [1.29, 1.82) is 0 Å². The van der Waals surface area contributed by atoms with E-state index in [0.29, 0.717) is 24.1 Å². The Kier molecular flexibility index (Phi) is 5.91. The van der Waals surface area contributed by atoms with Crippen LogP contribution in [0.25, 0.3) is 0 Å². The summed E-state index contributed by atoms with van der Waals surface area (Å²) < 4.78 is 7.55. The third kappa shape index (κ3) is 5.45. The molecule has 1 saturated carbocycles. The van der Waals surface area contributed by atoms with Gasteiger partial charge < -0.3 is 14.6 Å². The number of carbonyl (C=O) groups is 1. The fourth-order valence-corrected chi connectivity index (χ4v) is 3.03. The Morgan fingerprint density at radius 1 is 1.44 bits per heavy atom. The molecular formula is C17H23N5O2S. The van der Waals surface area contributed by atoms with Crippen LogP contribution >= 0.6 is 11.8 Å². The van der Waals surface area contributed by atoms with Gasteiger partial charge in [0.15, 0.2) is 5.16 Å². The molecule has 0 spiro atoms. The van der Waals surface area contributed by atoms with Crippen molar-refractivity contribution in [2.24, 2.45) is 5.92 Å². The fourth-order valence-electron chi connectivity index (χ4n) is 2.16. The van der Waals surface area contributed by atoms with Gasteiger partial charge in [-0.3, -0.25) is 4.79 Å². The quantitative estimate of drug-likeness (QED) is 0.691. The number of thioether (sulfide) groups is 1. The number of carbonyl (C=O) groups excluding carboxylic acids is 1. The second-order valence-electron chi connectivity index (χ2n) is 6.44. The zero-order valence-electron chi connectivity index (χ0n) is 14.5. The average Bonchev–Trinajstić information content (AvgIpc) is 3.32. The van der Waals surface area contributed by atoms with Gasteiger partial charge in [0.2, 0.25) is 11.8 Å². The molecule has 0 radical (unpaired) electrons. The number of hydrogen-bond donors (Lipinski definition) is 1. The van der Waals surface area contributed by atoms with Gasteiger partial charge in [-0.1, -0.05) is 17.8 Å². The van der Waals surface area contributed by atoms with E-state index in [4.69, 9.17) is 4.74 Å². The number of nitrogens with zero attached hydrogens (tertiary/aromatic N) is 4. The molecule has 8 heteroatoms. The average molecular weight is 361 g/mol. The molecule has 2 aromatic rings. The van der Waals surface area contributed by atoms with Crippen LogP contribution in [0.15, 0.2) is 29.8 Å². The Morgan fingerprint density at radius 3 is 2.96 bits per heavy atom. The lowest BCUT2D eigenvalue weighted by molar-refractivity contribution is -0.118. The summed E-state index contributed by atoms with van der Waals surface area (Å²) in [5, 5.41) is 11.6. The lowest BCUT2D eigenvalue weighted by Crippen LogP contribution is -2.24. The molecule has 2 aromatic heterocycles. The van der Waals surface area contributed by atoms with Crippen molar-refractivity contribution >= 4 is 17.7 Å². The molecule has 1 amide bonds. The van der Waals surface area contributed by atoms with Crippen molar-refractivity contribution in [1.82, 2.24) is 25.1 Å². The van der Waals surface area contributed by atoms with Crippen LogP contribution < -0.4 is 10.1 Å². The maximum absolute atomic E-state index is 12.0. The predicted octanol–water partition coefficient (Wildman–Crippen LogP) is 2.45. The Morgan fingerprint density at radius 2 is 2.28 bits per heavy atom. The summed E-state index contributed by atoms with van der Waals surface area (Å²) in [6.45, 7) is 5.31. The van der Waals surface area contributed by atoms with E-state index in [9.17, 15) is 4.79 Å². The van der Waals surface area contributed by atoms with Crippen molar-refractivity contribution in [3.63, 3.8) is 0 Å². The van der Waals surface area contributed by atoms with Crippen molar-refractivity contribution in [3.05, 3.63) is 30.2 Å². The minimum Gasteiger partial charge on any atom is -0.477 e. The first-order valence-corrected chi connectivity index (χ1v) is 9.47. The van der Waals surface area contributed by atoms with Gasteiger partial charge in [0.05, 0.1) is 12.4 Å². The molecule has 7 nitrogen and oxygen atoms in total. The van der Waals surface area contributed by atoms with E-state index in [1.165, 1.54) is 24.6 Å². The van der Waals surface area contributed by atoms with Crippen LogP contribution in [-0.2, 0) is 11.3 Å². The normalized spacial score (nSPS) is 13.9. The highest BCUT2D eigenvalue weighted by atomic mass is 32.2. The van der Waals surface area contributed by atoms with Crippen molar-refractivity contribution in [2.75, 3.05) is 12.4 Å². The molecule has 0 bridgehead atoms. The van der Waals surface area contributed by atoms with Crippen LogP contribution in [0.4, 0.5) is 0 Å². The van der Waals surface area contributed by atoms with E-state index >= 15 is 0 Å². The minimum absolute atomic E-state index is 0.0441. The summed E-state index contributed by atoms with van der Waals surface area (Å²) in [5.41, 5.74) is 0.947. The van der Waals surface area contributed by atoms with Crippen LogP contribution in [0.2, 0.25) is 0 Å². The van der Waals surface area contributed by atoms with Crippen molar-refractivity contribution in [2.45, 2.75) is 44.4 Å². The summed E-state index contributed by atoms with van der Waals surface area (Å²) in [6, 6.07) is 4.05. The number of hydrogen-bond acceptors (Lipinski definition) is 6. The van der Waals surface area contributed by atoms with Gasteiger partial charge >= 0.3 is 0 Å². The van der Waals surface area contributed by atoms with E-state index in [2.05, 4.69) is 34.3 Å². The number of amides is 1. The van der Waals surface area contributed by atoms with Crippen LogP contribution in [0, 0.1) is 5.92 Å². The minimum atomic E-state index is -0.0441. The molecule has 1 fully saturated rings. The van der Waals surface area contributed by atoms with Crippen molar-refractivity contribution < 1.29 is 9.53 Å². The first-order valence-electron chi connectivity index (χ1n) is 8.48. The molecular weight excluding hydrogens is 338 g/mol. The Balaban J connectivity index is 1.40. The Hall–Kier alpha value is -2.09. The van der Waals surface area contributed by atoms with Gasteiger partial charge in [-0.05, 0) is 38.2 Å². The van der Waals surface area contributed by atoms with E-state index in [0.717, 1.165) is 17.3 Å². The predicted molar refractivity (Wildman–Crippen MR) is 95.4 cm³/mol. The summed E-state index contributed by atoms with van der Waals surface area (Å²) in [5.74, 6) is 1.62. The highest BCUT2D eigenvalue weighted by molar-refractivity contribution is 7.99. The molecule has 134 valence electrons. The van der Waals surface area contributed by atoms with Gasteiger partial charge in [-0.15, -0.1) is 10.2 Å². The van der Waals surface area contributed by atoms with Crippen LogP contribution in [0.3, 0.4) is 0 Å². The number of ether oxygens (including phenoxy) is 1. The first kappa shape index (κ1) is 17.7. The highest BCUT2D eigenvalue weighted by Gasteiger charge is 2.22. The maximum Gasteiger partial charge on any atom is 0.230 e. The summed E-state index contributed by atoms with van der Waals surface area (Å²) in [4.78, 5) is 16.3. The monoisotopic (exact) mass is 361 g/mol. The van der Waals surface area contributed by atoms with Gasteiger partial charge in [0.25, 0.3) is 0 Å². The molecule has 0 unspecified atom stereocenters. The number of pyridine rings is 1. The van der Waals surface area contributed by atoms with Crippen molar-refractivity contribution in [3.8, 4) is 5.88 Å². The fraction of sp³-hybridized carbons (Fsp3) is 0.529. The molecule has 0 atom stereocenters. The third-order valence-corrected chi connectivity index (χ3v) is 4.84. The lowest BCUT2D eigenvalue weighted by Gasteiger charge is -2.09. The molecule has 0 aliphatic heterocycles.